The summed E-state index contributed by atoms with van der Waals surface area (Å²) in [7, 11) is -5.09. The zero-order valence-electron chi connectivity index (χ0n) is 23.1. The number of nitrogen functional groups attached to an aromatic ring is 2. The molecular weight excluding hydrogens is 679 g/mol. The van der Waals surface area contributed by atoms with Crippen molar-refractivity contribution in [3.63, 3.8) is 0 Å². The van der Waals surface area contributed by atoms with E-state index in [0.29, 0.717) is 0 Å². The molecule has 7 rings (SSSR count). The molecule has 0 spiro atoms. The van der Waals surface area contributed by atoms with Crippen molar-refractivity contribution < 1.29 is 46.9 Å². The lowest BCUT2D eigenvalue weighted by Crippen LogP contribution is -2.45. The second-order valence-electron chi connectivity index (χ2n) is 10.5. The highest BCUT2D eigenvalue weighted by molar-refractivity contribution is 8.06. The van der Waals surface area contributed by atoms with Crippen LogP contribution in [0.25, 0.3) is 22.3 Å². The third-order valence-electron chi connectivity index (χ3n) is 7.79. The summed E-state index contributed by atoms with van der Waals surface area (Å²) in [4.78, 5) is 61.4. The van der Waals surface area contributed by atoms with Crippen LogP contribution in [0, 0.1) is 5.92 Å². The number of aliphatic hydroxyl groups excluding tert-OH is 1. The number of aliphatic hydroxyl groups is 1. The number of rotatable bonds is 3. The van der Waals surface area contributed by atoms with Crippen LogP contribution in [0.4, 0.5) is 16.2 Å². The minimum absolute atomic E-state index is 0.0221. The molecule has 21 nitrogen and oxygen atoms in total. The topological polar surface area (TPSA) is 301 Å². The Bertz CT molecular complexity index is 1960. The first-order valence-corrected chi connectivity index (χ1v) is 17.5. The molecule has 10 unspecified atom stereocenters. The van der Waals surface area contributed by atoms with Gasteiger partial charge in [-0.3, -0.25) is 23.5 Å². The van der Waals surface area contributed by atoms with Crippen LogP contribution in [0.15, 0.2) is 23.8 Å². The van der Waals surface area contributed by atoms with Gasteiger partial charge in [0.2, 0.25) is 13.7 Å². The highest BCUT2D eigenvalue weighted by atomic mass is 32.5. The van der Waals surface area contributed by atoms with E-state index in [1.165, 1.54) is 21.8 Å². The fourth-order valence-corrected chi connectivity index (χ4v) is 8.20. The van der Waals surface area contributed by atoms with E-state index in [1.54, 1.807) is 0 Å². The minimum atomic E-state index is -5.09. The standard InChI is InChI=1S/C21H26FN11O10P2S/c22-10-11-9(42-19(10)32-5-27-12-15(23)25-4-26-16(12)32)3-40-45(38,46)43-14-7(1-34)8(2-39-44(36,37)31-11)41-20(14)33-6-28-13-17(33)29-21(24)30-18(13)35/h4-11,14,19-20,34H,1-3H2,(H,38,46)(H2,23,25,26)(H2,31,36,37)(H3,24,29,30,35)/p-2. The van der Waals surface area contributed by atoms with Gasteiger partial charge in [-0.15, -0.1) is 0 Å². The molecule has 0 radical (unpaired) electrons. The van der Waals surface area contributed by atoms with Gasteiger partial charge in [0.25, 0.3) is 5.56 Å². The lowest BCUT2D eigenvalue weighted by atomic mass is 9.99. The number of halogens is 1. The van der Waals surface area contributed by atoms with Crippen molar-refractivity contribution >= 4 is 60.4 Å². The lowest BCUT2D eigenvalue weighted by Gasteiger charge is -2.35. The summed E-state index contributed by atoms with van der Waals surface area (Å²) in [5, 5.41) is 12.4. The van der Waals surface area contributed by atoms with Crippen LogP contribution in [0.5, 0.6) is 0 Å². The molecule has 46 heavy (non-hydrogen) atoms. The molecule has 3 saturated heterocycles. The van der Waals surface area contributed by atoms with Crippen LogP contribution >= 0.6 is 14.5 Å². The maximum atomic E-state index is 16.0. The molecule has 0 aliphatic carbocycles. The summed E-state index contributed by atoms with van der Waals surface area (Å²) < 4.78 is 59.8. The summed E-state index contributed by atoms with van der Waals surface area (Å²) >= 11 is 5.16. The Labute approximate surface area is 260 Å². The van der Waals surface area contributed by atoms with Gasteiger partial charge in [-0.1, -0.05) is 11.8 Å². The zero-order valence-corrected chi connectivity index (χ0v) is 25.7. The number of ether oxygens (including phenoxy) is 2. The van der Waals surface area contributed by atoms with Gasteiger partial charge in [0.1, 0.15) is 30.8 Å². The van der Waals surface area contributed by atoms with Crippen molar-refractivity contribution in [2.75, 3.05) is 31.3 Å². The van der Waals surface area contributed by atoms with Crippen LogP contribution in [0.2, 0.25) is 0 Å². The summed E-state index contributed by atoms with van der Waals surface area (Å²) in [5.41, 5.74) is 10.9. The molecule has 7 heterocycles. The molecular formula is C21H24FN11O10P2S-2. The van der Waals surface area contributed by atoms with Gasteiger partial charge in [-0.25, -0.2) is 29.4 Å². The van der Waals surface area contributed by atoms with Crippen LogP contribution < -0.4 is 31.9 Å². The number of hydrogen-bond donors (Lipinski definition) is 5. The molecule has 7 N–H and O–H groups in total. The van der Waals surface area contributed by atoms with Crippen molar-refractivity contribution in [1.29, 1.82) is 0 Å². The second kappa shape index (κ2) is 11.6. The van der Waals surface area contributed by atoms with Crippen molar-refractivity contribution in [3.05, 3.63) is 29.3 Å². The van der Waals surface area contributed by atoms with E-state index < -0.39 is 88.7 Å². The van der Waals surface area contributed by atoms with Gasteiger partial charge in [0.15, 0.2) is 41.3 Å². The van der Waals surface area contributed by atoms with Gasteiger partial charge in [-0.05, 0) is 0 Å². The third kappa shape index (κ3) is 5.51. The number of aromatic nitrogens is 8. The highest BCUT2D eigenvalue weighted by Gasteiger charge is 2.51. The largest absolute Gasteiger partial charge is 0.780 e. The van der Waals surface area contributed by atoms with Gasteiger partial charge >= 0.3 is 0 Å². The SMILES string of the molecule is Nc1nc2c(ncn2C2OC3COP(=O)([O-])NC4C(COP([O-])(=S)OC2C3CO)OC(n2cnc3c(N)ncnc32)C4F)c(=O)[nH]1. The number of imidazole rings is 2. The normalized spacial score (nSPS) is 37.1. The predicted molar refractivity (Wildman–Crippen MR) is 151 cm³/mol. The number of fused-ring (bicyclic) bond motifs is 5. The van der Waals surface area contributed by atoms with Crippen molar-refractivity contribution in [1.82, 2.24) is 44.1 Å². The van der Waals surface area contributed by atoms with E-state index in [-0.39, 0.29) is 34.1 Å². The molecule has 4 aromatic heterocycles. The number of anilines is 2. The Morgan fingerprint density at radius 2 is 1.74 bits per heavy atom. The lowest BCUT2D eigenvalue weighted by molar-refractivity contribution is -0.217. The molecule has 25 heteroatoms. The highest BCUT2D eigenvalue weighted by Crippen LogP contribution is 2.50. The first kappa shape index (κ1) is 31.5. The number of H-pyrrole nitrogens is 1. The average Bonchev–Trinajstić information content (AvgIpc) is 3.75. The predicted octanol–water partition coefficient (Wildman–Crippen LogP) is -2.69. The quantitative estimate of drug-likeness (QED) is 0.136. The van der Waals surface area contributed by atoms with E-state index >= 15 is 4.39 Å². The van der Waals surface area contributed by atoms with Crippen LogP contribution in [-0.4, -0.2) is 94.5 Å². The smallest absolute Gasteiger partial charge is 0.280 e. The Morgan fingerprint density at radius 3 is 2.50 bits per heavy atom. The Morgan fingerprint density at radius 1 is 1.04 bits per heavy atom. The van der Waals surface area contributed by atoms with Gasteiger partial charge in [-0.2, -0.15) is 4.98 Å². The molecule has 0 amide bonds. The van der Waals surface area contributed by atoms with Gasteiger partial charge < -0.3 is 49.4 Å². The summed E-state index contributed by atoms with van der Waals surface area (Å²) in [6.45, 7) is -6.63. The number of nitrogens with two attached hydrogens (primary N) is 2. The molecule has 248 valence electrons. The van der Waals surface area contributed by atoms with E-state index in [0.717, 1.165) is 6.33 Å². The van der Waals surface area contributed by atoms with Crippen molar-refractivity contribution in [2.24, 2.45) is 5.92 Å². The van der Waals surface area contributed by atoms with Gasteiger partial charge in [0, 0.05) is 5.92 Å². The molecule has 10 atom stereocenters. The molecule has 0 saturated carbocycles. The fourth-order valence-electron chi connectivity index (χ4n) is 5.68. The van der Waals surface area contributed by atoms with Crippen LogP contribution in [0.3, 0.4) is 0 Å². The minimum Gasteiger partial charge on any atom is -0.780 e. The maximum absolute atomic E-state index is 16.0. The zero-order chi connectivity index (χ0) is 32.5. The molecule has 4 aromatic rings. The summed E-state index contributed by atoms with van der Waals surface area (Å²) in [6.07, 6.45) is -5.44. The molecule has 3 aliphatic rings. The van der Waals surface area contributed by atoms with E-state index in [2.05, 4.69) is 35.0 Å². The number of aromatic amines is 1. The van der Waals surface area contributed by atoms with Crippen LogP contribution in [0.1, 0.15) is 12.5 Å². The Kier molecular flexibility index (Phi) is 7.94. The number of hydrogen-bond acceptors (Lipinski definition) is 18. The molecule has 3 aliphatic heterocycles. The summed E-state index contributed by atoms with van der Waals surface area (Å²) in [6, 6.07) is -1.63. The van der Waals surface area contributed by atoms with E-state index in [4.69, 9.17) is 46.3 Å². The first-order chi connectivity index (χ1) is 21.9. The number of nitrogens with zero attached hydrogens (tertiary/aromatic N) is 7. The molecule has 3 fully saturated rings. The first-order valence-electron chi connectivity index (χ1n) is 13.4. The number of nitrogens with one attached hydrogen (secondary N) is 2. The Balaban J connectivity index is 1.22. The number of alkyl halides is 1. The van der Waals surface area contributed by atoms with E-state index in [9.17, 15) is 24.3 Å². The molecule has 2 bridgehead atoms. The van der Waals surface area contributed by atoms with Crippen molar-refractivity contribution in [2.45, 2.75) is 43.0 Å². The second-order valence-corrected chi connectivity index (χ2v) is 14.8. The monoisotopic (exact) mass is 703 g/mol. The van der Waals surface area contributed by atoms with Crippen molar-refractivity contribution in [3.8, 4) is 0 Å². The maximum Gasteiger partial charge on any atom is 0.280 e. The molecule has 0 aromatic carbocycles. The van der Waals surface area contributed by atoms with E-state index in [1.807, 2.05) is 0 Å². The van der Waals surface area contributed by atoms with Gasteiger partial charge in [0.05, 0.1) is 44.6 Å². The average molecular weight is 704 g/mol. The Hall–Kier alpha value is -3.05. The van der Waals surface area contributed by atoms with Crippen LogP contribution in [-0.2, 0) is 39.4 Å². The summed E-state index contributed by atoms with van der Waals surface area (Å²) in [5.74, 6) is -1.32. The fraction of sp³-hybridized carbons (Fsp3) is 0.524. The third-order valence-corrected chi connectivity index (χ3v) is 10.4.